The van der Waals surface area contributed by atoms with Crippen molar-refractivity contribution >= 4 is 11.8 Å². The molecule has 2 rings (SSSR count). The maximum atomic E-state index is 11.8. The van der Waals surface area contributed by atoms with Gasteiger partial charge in [0, 0.05) is 6.54 Å². The number of carbonyl (C=O) groups excluding carboxylic acids is 2. The van der Waals surface area contributed by atoms with Gasteiger partial charge in [-0.25, -0.2) is 0 Å². The van der Waals surface area contributed by atoms with Crippen molar-refractivity contribution in [2.75, 3.05) is 19.7 Å². The quantitative estimate of drug-likeness (QED) is 0.463. The Kier molecular flexibility index (Phi) is 2.40. The van der Waals surface area contributed by atoms with Crippen LogP contribution in [-0.2, 0) is 9.59 Å². The first-order chi connectivity index (χ1) is 7.10. The van der Waals surface area contributed by atoms with Gasteiger partial charge in [0.1, 0.15) is 11.6 Å². The summed E-state index contributed by atoms with van der Waals surface area (Å²) >= 11 is 0. The first-order valence-corrected chi connectivity index (χ1v) is 5.07. The second-order valence-electron chi connectivity index (χ2n) is 4.15. The topological polar surface area (TPSA) is 95.7 Å². The van der Waals surface area contributed by atoms with E-state index in [1.807, 2.05) is 0 Å². The standard InChI is InChI=1S/C9H15N3O3/c10-7(14)6(4-13)12-5-9(8(12)15)2-1-3-11-9/h6,11,13H,1-5H2,(H2,10,14). The fraction of sp³-hybridized carbons (Fsp3) is 0.778. The molecule has 0 aromatic carbocycles. The molecule has 6 nitrogen and oxygen atoms in total. The third kappa shape index (κ3) is 1.40. The molecule has 0 aromatic heterocycles. The zero-order chi connectivity index (χ0) is 11.1. The Hall–Kier alpha value is -1.14. The Bertz CT molecular complexity index is 299. The molecular formula is C9H15N3O3. The van der Waals surface area contributed by atoms with Crippen molar-refractivity contribution in [3.05, 3.63) is 0 Å². The second kappa shape index (κ2) is 3.46. The van der Waals surface area contributed by atoms with Crippen molar-refractivity contribution in [1.29, 1.82) is 0 Å². The molecule has 2 amide bonds. The Balaban J connectivity index is 2.04. The number of rotatable bonds is 3. The molecule has 2 fully saturated rings. The largest absolute Gasteiger partial charge is 0.394 e. The molecule has 2 aliphatic heterocycles. The van der Waals surface area contributed by atoms with Gasteiger partial charge in [0.05, 0.1) is 6.61 Å². The Morgan fingerprint density at radius 1 is 1.73 bits per heavy atom. The number of aliphatic hydroxyl groups is 1. The molecule has 6 heteroatoms. The average molecular weight is 213 g/mol. The summed E-state index contributed by atoms with van der Waals surface area (Å²) in [6.07, 6.45) is 1.78. The number of nitrogens with zero attached hydrogens (tertiary/aromatic N) is 1. The summed E-state index contributed by atoms with van der Waals surface area (Å²) in [5.74, 6) is -0.767. The number of nitrogens with two attached hydrogens (primary N) is 1. The van der Waals surface area contributed by atoms with Gasteiger partial charge >= 0.3 is 0 Å². The van der Waals surface area contributed by atoms with E-state index in [2.05, 4.69) is 5.32 Å². The van der Waals surface area contributed by atoms with Crippen LogP contribution in [-0.4, -0.2) is 53.1 Å². The van der Waals surface area contributed by atoms with Crippen LogP contribution in [0.3, 0.4) is 0 Å². The SMILES string of the molecule is NC(=O)C(CO)N1CC2(CCCN2)C1=O. The number of hydrogen-bond donors (Lipinski definition) is 3. The van der Waals surface area contributed by atoms with E-state index in [0.29, 0.717) is 6.54 Å². The molecule has 1 spiro atoms. The zero-order valence-corrected chi connectivity index (χ0v) is 8.40. The zero-order valence-electron chi connectivity index (χ0n) is 8.40. The Morgan fingerprint density at radius 2 is 2.47 bits per heavy atom. The lowest BCUT2D eigenvalue weighted by Crippen LogP contribution is -2.75. The van der Waals surface area contributed by atoms with E-state index in [1.165, 1.54) is 4.90 Å². The highest BCUT2D eigenvalue weighted by Gasteiger charge is 2.55. The van der Waals surface area contributed by atoms with Gasteiger partial charge in [-0.1, -0.05) is 0 Å². The number of likely N-dealkylation sites (tertiary alicyclic amines) is 1. The van der Waals surface area contributed by atoms with Gasteiger partial charge in [0.15, 0.2) is 0 Å². The molecule has 2 saturated heterocycles. The monoisotopic (exact) mass is 213 g/mol. The van der Waals surface area contributed by atoms with Gasteiger partial charge in [0.2, 0.25) is 11.8 Å². The number of nitrogens with one attached hydrogen (secondary N) is 1. The molecule has 84 valence electrons. The summed E-state index contributed by atoms with van der Waals surface area (Å²) in [4.78, 5) is 24.1. The number of amides is 2. The summed E-state index contributed by atoms with van der Waals surface area (Å²) < 4.78 is 0. The van der Waals surface area contributed by atoms with Crippen LogP contribution in [0, 0.1) is 0 Å². The highest BCUT2D eigenvalue weighted by molar-refractivity contribution is 5.97. The summed E-state index contributed by atoms with van der Waals surface area (Å²) in [5.41, 5.74) is 4.62. The van der Waals surface area contributed by atoms with E-state index in [1.54, 1.807) is 0 Å². The molecule has 0 radical (unpaired) electrons. The maximum absolute atomic E-state index is 11.8. The van der Waals surface area contributed by atoms with Crippen molar-refractivity contribution in [3.8, 4) is 0 Å². The molecule has 4 N–H and O–H groups in total. The molecule has 0 bridgehead atoms. The lowest BCUT2D eigenvalue weighted by molar-refractivity contribution is -0.160. The summed E-state index contributed by atoms with van der Waals surface area (Å²) in [7, 11) is 0. The van der Waals surface area contributed by atoms with Crippen molar-refractivity contribution in [2.24, 2.45) is 5.73 Å². The van der Waals surface area contributed by atoms with Crippen LogP contribution in [0.25, 0.3) is 0 Å². The van der Waals surface area contributed by atoms with E-state index >= 15 is 0 Å². The minimum absolute atomic E-state index is 0.113. The van der Waals surface area contributed by atoms with Crippen molar-refractivity contribution in [2.45, 2.75) is 24.4 Å². The highest BCUT2D eigenvalue weighted by atomic mass is 16.3. The minimum atomic E-state index is -0.870. The van der Waals surface area contributed by atoms with Crippen molar-refractivity contribution in [3.63, 3.8) is 0 Å². The van der Waals surface area contributed by atoms with Crippen LogP contribution in [0.2, 0.25) is 0 Å². The van der Waals surface area contributed by atoms with Gasteiger partial charge in [-0.2, -0.15) is 0 Å². The average Bonchev–Trinajstić information content (AvgIpc) is 2.68. The first-order valence-electron chi connectivity index (χ1n) is 5.07. The minimum Gasteiger partial charge on any atom is -0.394 e. The number of hydrogen-bond acceptors (Lipinski definition) is 4. The van der Waals surface area contributed by atoms with Crippen LogP contribution in [0.1, 0.15) is 12.8 Å². The summed E-state index contributed by atoms with van der Waals surface area (Å²) in [5, 5.41) is 12.1. The van der Waals surface area contributed by atoms with E-state index in [9.17, 15) is 9.59 Å². The maximum Gasteiger partial charge on any atom is 0.245 e. The lowest BCUT2D eigenvalue weighted by Gasteiger charge is -2.49. The predicted molar refractivity (Wildman–Crippen MR) is 51.7 cm³/mol. The smallest absolute Gasteiger partial charge is 0.245 e. The van der Waals surface area contributed by atoms with Crippen molar-refractivity contribution < 1.29 is 14.7 Å². The summed E-state index contributed by atoms with van der Waals surface area (Å²) in [6, 6.07) is -0.870. The fourth-order valence-corrected chi connectivity index (χ4v) is 2.33. The van der Waals surface area contributed by atoms with Gasteiger partial charge in [-0.05, 0) is 19.4 Å². The molecule has 2 heterocycles. The van der Waals surface area contributed by atoms with Gasteiger partial charge in [-0.15, -0.1) is 0 Å². The number of carbonyl (C=O) groups is 2. The predicted octanol–water partition coefficient (Wildman–Crippen LogP) is -2.20. The molecule has 2 unspecified atom stereocenters. The van der Waals surface area contributed by atoms with Crippen LogP contribution in [0.4, 0.5) is 0 Å². The number of β-lactam (4-membered cyclic amide) rings is 1. The van der Waals surface area contributed by atoms with E-state index in [-0.39, 0.29) is 5.91 Å². The number of aliphatic hydroxyl groups excluding tert-OH is 1. The van der Waals surface area contributed by atoms with Gasteiger partial charge < -0.3 is 21.1 Å². The number of primary amides is 1. The van der Waals surface area contributed by atoms with Crippen LogP contribution in [0.5, 0.6) is 0 Å². The second-order valence-corrected chi connectivity index (χ2v) is 4.15. The third-order valence-corrected chi connectivity index (χ3v) is 3.23. The molecule has 0 saturated carbocycles. The fourth-order valence-electron chi connectivity index (χ4n) is 2.33. The van der Waals surface area contributed by atoms with Crippen LogP contribution < -0.4 is 11.1 Å². The normalized spacial score (nSPS) is 31.8. The molecular weight excluding hydrogens is 198 g/mol. The molecule has 2 atom stereocenters. The van der Waals surface area contributed by atoms with E-state index < -0.39 is 24.1 Å². The van der Waals surface area contributed by atoms with Crippen molar-refractivity contribution in [1.82, 2.24) is 10.2 Å². The van der Waals surface area contributed by atoms with E-state index in [4.69, 9.17) is 10.8 Å². The molecule has 0 aromatic rings. The molecule has 0 aliphatic carbocycles. The lowest BCUT2D eigenvalue weighted by atomic mass is 9.85. The first kappa shape index (κ1) is 10.4. The summed E-state index contributed by atoms with van der Waals surface area (Å²) in [6.45, 7) is 0.900. The van der Waals surface area contributed by atoms with Gasteiger partial charge in [0.25, 0.3) is 0 Å². The Morgan fingerprint density at radius 3 is 2.87 bits per heavy atom. The van der Waals surface area contributed by atoms with Crippen LogP contribution in [0.15, 0.2) is 0 Å². The van der Waals surface area contributed by atoms with E-state index in [0.717, 1.165) is 19.4 Å². The van der Waals surface area contributed by atoms with Gasteiger partial charge in [-0.3, -0.25) is 9.59 Å². The molecule has 2 aliphatic rings. The third-order valence-electron chi connectivity index (χ3n) is 3.23. The molecule has 15 heavy (non-hydrogen) atoms. The van der Waals surface area contributed by atoms with Crippen LogP contribution >= 0.6 is 0 Å². The Labute approximate surface area is 87.4 Å². The highest BCUT2D eigenvalue weighted by Crippen LogP contribution is 2.32.